The van der Waals surface area contributed by atoms with Crippen LogP contribution in [0.15, 0.2) is 18.2 Å². The Morgan fingerprint density at radius 3 is 2.33 bits per heavy atom. The third kappa shape index (κ3) is 5.87. The highest BCUT2D eigenvalue weighted by molar-refractivity contribution is 5.83. The van der Waals surface area contributed by atoms with E-state index in [1.54, 1.807) is 11.1 Å². The first kappa shape index (κ1) is 28.4. The number of carbonyl (C=O) groups is 2. The topological polar surface area (TPSA) is 128 Å². The smallest absolute Gasteiger partial charge is 0.335 e. The highest BCUT2D eigenvalue weighted by atomic mass is 16.5. The van der Waals surface area contributed by atoms with E-state index in [-0.39, 0.29) is 0 Å². The fraction of sp³-hybridized carbons (Fsp3) is 0.714. The molecule has 4 rings (SSSR count). The summed E-state index contributed by atoms with van der Waals surface area (Å²) in [6.07, 6.45) is 7.82. The largest absolute Gasteiger partial charge is 0.497 e. The fourth-order valence-corrected chi connectivity index (χ4v) is 6.78. The molecule has 1 saturated heterocycles. The molecule has 2 aliphatic carbocycles. The maximum atomic E-state index is 9.77. The van der Waals surface area contributed by atoms with Gasteiger partial charge in [-0.2, -0.15) is 0 Å². The van der Waals surface area contributed by atoms with E-state index in [1.807, 2.05) is 7.11 Å². The standard InChI is InChI=1S/C24H37NO.C4H6O6/c1-4-18(5-2)11-14-25-15-13-24-12-7-6-8-21(24)23(25)16-19-9-10-20(26-3)17-22(19)24;5-1(3(7)8)2(6)4(9)10/h9-10,17-18,21,23H,4-8,11-16H2,1-3H3;1-2,5-6H,(H,7,8)(H,9,10)/t21-,23+,24+;1-,2-/m01/s1. The van der Waals surface area contributed by atoms with E-state index in [4.69, 9.17) is 25.2 Å². The van der Waals surface area contributed by atoms with Gasteiger partial charge in [0.05, 0.1) is 7.11 Å². The third-order valence-electron chi connectivity index (χ3n) is 8.94. The van der Waals surface area contributed by atoms with Crippen LogP contribution in [0.2, 0.25) is 0 Å². The molecule has 36 heavy (non-hydrogen) atoms. The summed E-state index contributed by atoms with van der Waals surface area (Å²) in [7, 11) is 1.81. The highest BCUT2D eigenvalue weighted by Gasteiger charge is 2.53. The molecule has 202 valence electrons. The van der Waals surface area contributed by atoms with E-state index in [0.717, 1.165) is 23.6 Å². The Labute approximate surface area is 214 Å². The summed E-state index contributed by atoms with van der Waals surface area (Å²) in [5.41, 5.74) is 3.70. The average Bonchev–Trinajstić information content (AvgIpc) is 2.89. The molecule has 1 heterocycles. The van der Waals surface area contributed by atoms with Crippen molar-refractivity contribution in [2.45, 2.75) is 95.3 Å². The van der Waals surface area contributed by atoms with E-state index < -0.39 is 24.1 Å². The number of hydrogen-bond donors (Lipinski definition) is 4. The predicted octanol–water partition coefficient (Wildman–Crippen LogP) is 3.46. The Hall–Kier alpha value is -2.16. The molecule has 2 fully saturated rings. The molecule has 0 radical (unpaired) electrons. The molecule has 0 spiro atoms. The first-order valence-corrected chi connectivity index (χ1v) is 13.4. The zero-order chi connectivity index (χ0) is 26.5. The zero-order valence-corrected chi connectivity index (χ0v) is 21.9. The lowest BCUT2D eigenvalue weighted by Crippen LogP contribution is -2.61. The summed E-state index contributed by atoms with van der Waals surface area (Å²) in [5, 5.41) is 32.5. The summed E-state index contributed by atoms with van der Waals surface area (Å²) in [6.45, 7) is 7.34. The molecule has 2 bridgehead atoms. The van der Waals surface area contributed by atoms with Crippen molar-refractivity contribution in [1.29, 1.82) is 0 Å². The number of benzene rings is 1. The second-order valence-electron chi connectivity index (χ2n) is 10.6. The SMILES string of the molecule is CCC(CC)CCN1CC[C@]23CCCC[C@H]2[C@H]1Cc1ccc(OC)cc13.O=C(O)[C@H](O)[C@@H](O)C(=O)O. The molecule has 5 atom stereocenters. The Morgan fingerprint density at radius 1 is 1.08 bits per heavy atom. The van der Waals surface area contributed by atoms with Crippen LogP contribution in [0.3, 0.4) is 0 Å². The molecule has 4 N–H and O–H groups in total. The number of hydrogen-bond acceptors (Lipinski definition) is 6. The van der Waals surface area contributed by atoms with Crippen LogP contribution in [-0.2, 0) is 21.4 Å². The van der Waals surface area contributed by atoms with Gasteiger partial charge in [-0.1, -0.05) is 45.6 Å². The number of aliphatic hydroxyl groups excluding tert-OH is 2. The number of aliphatic hydroxyl groups is 2. The molecule has 8 nitrogen and oxygen atoms in total. The van der Waals surface area contributed by atoms with Gasteiger partial charge in [0, 0.05) is 11.5 Å². The normalized spacial score (nSPS) is 26.6. The number of likely N-dealkylation sites (tertiary alicyclic amines) is 1. The van der Waals surface area contributed by atoms with Crippen LogP contribution >= 0.6 is 0 Å². The van der Waals surface area contributed by atoms with Crippen molar-refractivity contribution < 1.29 is 34.8 Å². The van der Waals surface area contributed by atoms with Gasteiger partial charge in [-0.15, -0.1) is 0 Å². The van der Waals surface area contributed by atoms with E-state index in [2.05, 4.69) is 36.9 Å². The van der Waals surface area contributed by atoms with Gasteiger partial charge in [0.1, 0.15) is 5.75 Å². The maximum absolute atomic E-state index is 9.77. The first-order valence-electron chi connectivity index (χ1n) is 13.4. The summed E-state index contributed by atoms with van der Waals surface area (Å²) >= 11 is 0. The summed E-state index contributed by atoms with van der Waals surface area (Å²) in [5.74, 6) is -0.707. The summed E-state index contributed by atoms with van der Waals surface area (Å²) in [6, 6.07) is 7.73. The maximum Gasteiger partial charge on any atom is 0.335 e. The zero-order valence-electron chi connectivity index (χ0n) is 21.9. The van der Waals surface area contributed by atoms with Crippen LogP contribution in [0.4, 0.5) is 0 Å². The third-order valence-corrected chi connectivity index (χ3v) is 8.94. The van der Waals surface area contributed by atoms with Gasteiger partial charge >= 0.3 is 11.9 Å². The van der Waals surface area contributed by atoms with Crippen molar-refractivity contribution in [1.82, 2.24) is 4.90 Å². The van der Waals surface area contributed by atoms with Gasteiger partial charge in [-0.25, -0.2) is 9.59 Å². The van der Waals surface area contributed by atoms with Crippen LogP contribution in [0.25, 0.3) is 0 Å². The minimum atomic E-state index is -2.27. The van der Waals surface area contributed by atoms with Crippen LogP contribution in [0.5, 0.6) is 5.75 Å². The highest BCUT2D eigenvalue weighted by Crippen LogP contribution is 2.56. The van der Waals surface area contributed by atoms with Crippen molar-refractivity contribution in [2.24, 2.45) is 11.8 Å². The quantitative estimate of drug-likeness (QED) is 0.402. The number of nitrogens with zero attached hydrogens (tertiary/aromatic N) is 1. The van der Waals surface area contributed by atoms with Crippen molar-refractivity contribution in [3.05, 3.63) is 29.3 Å². The lowest BCUT2D eigenvalue weighted by Gasteiger charge is -2.59. The average molecular weight is 506 g/mol. The van der Waals surface area contributed by atoms with Crippen LogP contribution in [0.1, 0.15) is 76.3 Å². The molecule has 0 aromatic heterocycles. The molecule has 1 aromatic carbocycles. The number of methoxy groups -OCH3 is 1. The van der Waals surface area contributed by atoms with Crippen molar-refractivity contribution in [3.8, 4) is 5.75 Å². The summed E-state index contributed by atoms with van der Waals surface area (Å²) < 4.78 is 5.59. The van der Waals surface area contributed by atoms with Gasteiger partial charge < -0.3 is 25.2 Å². The van der Waals surface area contributed by atoms with Gasteiger partial charge in [0.25, 0.3) is 0 Å². The Balaban J connectivity index is 0.000000308. The number of ether oxygens (including phenoxy) is 1. The lowest BCUT2D eigenvalue weighted by molar-refractivity contribution is -0.165. The molecular weight excluding hydrogens is 462 g/mol. The van der Waals surface area contributed by atoms with Gasteiger partial charge in [0.15, 0.2) is 12.2 Å². The molecule has 1 aliphatic heterocycles. The van der Waals surface area contributed by atoms with Gasteiger partial charge in [-0.05, 0) is 80.3 Å². The molecule has 3 aliphatic rings. The number of piperidine rings is 1. The minimum Gasteiger partial charge on any atom is -0.497 e. The Kier molecular flexibility index (Phi) is 9.78. The van der Waals surface area contributed by atoms with Gasteiger partial charge in [0.2, 0.25) is 0 Å². The van der Waals surface area contributed by atoms with Crippen LogP contribution in [0, 0.1) is 11.8 Å². The number of aliphatic carboxylic acids is 2. The molecule has 8 heteroatoms. The van der Waals surface area contributed by atoms with Crippen LogP contribution in [-0.4, -0.2) is 75.7 Å². The van der Waals surface area contributed by atoms with Gasteiger partial charge in [-0.3, -0.25) is 4.90 Å². The van der Waals surface area contributed by atoms with E-state index in [0.29, 0.717) is 5.41 Å². The minimum absolute atomic E-state index is 0.441. The second kappa shape index (κ2) is 12.4. The van der Waals surface area contributed by atoms with E-state index in [9.17, 15) is 9.59 Å². The number of rotatable bonds is 9. The monoisotopic (exact) mass is 505 g/mol. The number of carboxylic acid groups (broad SMARTS) is 2. The molecule has 0 amide bonds. The Morgan fingerprint density at radius 2 is 1.75 bits per heavy atom. The molecule has 0 unspecified atom stereocenters. The molecular formula is C28H43NO7. The fourth-order valence-electron chi connectivity index (χ4n) is 6.78. The number of fused-ring (bicyclic) bond motifs is 1. The van der Waals surface area contributed by atoms with Crippen LogP contribution < -0.4 is 4.74 Å². The van der Waals surface area contributed by atoms with Crippen molar-refractivity contribution in [2.75, 3.05) is 20.2 Å². The van der Waals surface area contributed by atoms with E-state index in [1.165, 1.54) is 70.9 Å². The second-order valence-corrected chi connectivity index (χ2v) is 10.6. The predicted molar refractivity (Wildman–Crippen MR) is 136 cm³/mol. The number of carboxylic acids is 2. The molecule has 1 saturated carbocycles. The Bertz CT molecular complexity index is 884. The van der Waals surface area contributed by atoms with Crippen molar-refractivity contribution >= 4 is 11.9 Å². The van der Waals surface area contributed by atoms with Crippen molar-refractivity contribution in [3.63, 3.8) is 0 Å². The first-order chi connectivity index (χ1) is 17.2. The van der Waals surface area contributed by atoms with E-state index >= 15 is 0 Å². The molecule has 1 aromatic rings. The lowest BCUT2D eigenvalue weighted by atomic mass is 9.52. The summed E-state index contributed by atoms with van der Waals surface area (Å²) in [4.78, 5) is 22.4.